The number of hydrogen-bond acceptors (Lipinski definition) is 3. The maximum atomic E-state index is 12.9. The van der Waals surface area contributed by atoms with Gasteiger partial charge in [-0.2, -0.15) is 5.10 Å². The lowest BCUT2D eigenvalue weighted by molar-refractivity contribution is 0.0902. The van der Waals surface area contributed by atoms with Crippen LogP contribution >= 0.6 is 0 Å². The molecule has 1 aliphatic heterocycles. The van der Waals surface area contributed by atoms with Gasteiger partial charge in [-0.1, -0.05) is 30.3 Å². The van der Waals surface area contributed by atoms with Crippen molar-refractivity contribution in [3.63, 3.8) is 0 Å². The van der Waals surface area contributed by atoms with Gasteiger partial charge in [-0.3, -0.25) is 14.8 Å². The number of carbonyl (C=O) groups is 1. The van der Waals surface area contributed by atoms with Gasteiger partial charge in [0.05, 0.1) is 17.3 Å². The second kappa shape index (κ2) is 7.30. The van der Waals surface area contributed by atoms with E-state index in [1.54, 1.807) is 6.20 Å². The van der Waals surface area contributed by atoms with Gasteiger partial charge in [-0.05, 0) is 49.6 Å². The van der Waals surface area contributed by atoms with Crippen LogP contribution in [0.1, 0.15) is 34.3 Å². The molecule has 1 saturated heterocycles. The zero-order valence-electron chi connectivity index (χ0n) is 15.0. The molecule has 1 atom stereocenters. The number of likely N-dealkylation sites (tertiary alicyclic amines) is 1. The maximum Gasteiger partial charge on any atom is 0.253 e. The van der Waals surface area contributed by atoms with Crippen LogP contribution in [0.25, 0.3) is 10.9 Å². The topological polar surface area (TPSA) is 61.0 Å². The van der Waals surface area contributed by atoms with Gasteiger partial charge in [0, 0.05) is 24.5 Å². The molecule has 1 aliphatic rings. The van der Waals surface area contributed by atoms with Crippen LogP contribution in [0.4, 0.5) is 0 Å². The zero-order chi connectivity index (χ0) is 17.9. The first-order valence-electron chi connectivity index (χ1n) is 9.20. The number of carbonyl (C=O) groups excluding carboxylic acids is 1. The van der Waals surface area contributed by atoms with E-state index in [4.69, 9.17) is 0 Å². The summed E-state index contributed by atoms with van der Waals surface area (Å²) in [5.41, 5.74) is 3.87. The molecule has 0 radical (unpaired) electrons. The number of fused-ring (bicyclic) bond motifs is 1. The van der Waals surface area contributed by atoms with Gasteiger partial charge in [0.2, 0.25) is 0 Å². The molecule has 1 aromatic heterocycles. The molecular weight excluding hydrogens is 324 g/mol. The summed E-state index contributed by atoms with van der Waals surface area (Å²) in [4.78, 5) is 15.3. The van der Waals surface area contributed by atoms with E-state index in [1.807, 2.05) is 25.1 Å². The number of nitrogens with zero attached hydrogens (tertiary/aromatic N) is 2. The number of hydrogen-bond donors (Lipinski definition) is 2. The molecule has 0 saturated carbocycles. The summed E-state index contributed by atoms with van der Waals surface area (Å²) >= 11 is 0. The normalized spacial score (nSPS) is 18.1. The van der Waals surface area contributed by atoms with E-state index >= 15 is 0 Å². The van der Waals surface area contributed by atoms with Crippen LogP contribution in [0.15, 0.2) is 48.7 Å². The molecule has 1 unspecified atom stereocenters. The molecule has 1 fully saturated rings. The summed E-state index contributed by atoms with van der Waals surface area (Å²) < 4.78 is 0. The zero-order valence-corrected chi connectivity index (χ0v) is 15.0. The summed E-state index contributed by atoms with van der Waals surface area (Å²) in [5, 5.41) is 11.2. The molecule has 0 bridgehead atoms. The first-order chi connectivity index (χ1) is 12.7. The Kier molecular flexibility index (Phi) is 4.71. The van der Waals surface area contributed by atoms with E-state index < -0.39 is 0 Å². The largest absolute Gasteiger partial charge is 0.348 e. The monoisotopic (exact) mass is 348 g/mol. The molecule has 5 heteroatoms. The second-order valence-electron chi connectivity index (χ2n) is 7.18. The van der Waals surface area contributed by atoms with Crippen molar-refractivity contribution in [3.8, 4) is 0 Å². The molecule has 0 spiro atoms. The number of rotatable bonds is 4. The summed E-state index contributed by atoms with van der Waals surface area (Å²) in [6.45, 7) is 4.91. The molecule has 2 heterocycles. The molecule has 3 aromatic rings. The number of nitrogens with one attached hydrogen (secondary N) is 2. The van der Waals surface area contributed by atoms with Crippen molar-refractivity contribution in [3.05, 3.63) is 65.4 Å². The van der Waals surface area contributed by atoms with E-state index in [9.17, 15) is 4.79 Å². The molecule has 26 heavy (non-hydrogen) atoms. The predicted octanol–water partition coefficient (Wildman–Crippen LogP) is 3.27. The molecule has 0 aliphatic carbocycles. The first kappa shape index (κ1) is 16.8. The average Bonchev–Trinajstić information content (AvgIpc) is 3.10. The number of aromatic nitrogens is 2. The highest BCUT2D eigenvalue weighted by Crippen LogP contribution is 2.20. The summed E-state index contributed by atoms with van der Waals surface area (Å²) in [5.74, 6) is -0.0190. The molecule has 1 amide bonds. The highest BCUT2D eigenvalue weighted by atomic mass is 16.1. The predicted molar refractivity (Wildman–Crippen MR) is 103 cm³/mol. The van der Waals surface area contributed by atoms with Crippen molar-refractivity contribution < 1.29 is 4.79 Å². The maximum absolute atomic E-state index is 12.9. The Morgan fingerprint density at radius 2 is 2.15 bits per heavy atom. The van der Waals surface area contributed by atoms with Gasteiger partial charge in [0.15, 0.2) is 0 Å². The number of aromatic amines is 1. The molecule has 2 N–H and O–H groups in total. The summed E-state index contributed by atoms with van der Waals surface area (Å²) in [6.07, 6.45) is 3.89. The second-order valence-corrected chi connectivity index (χ2v) is 7.18. The van der Waals surface area contributed by atoms with Gasteiger partial charge >= 0.3 is 0 Å². The van der Waals surface area contributed by atoms with Crippen molar-refractivity contribution in [1.29, 1.82) is 0 Å². The van der Waals surface area contributed by atoms with Crippen molar-refractivity contribution in [2.45, 2.75) is 32.4 Å². The van der Waals surface area contributed by atoms with E-state index in [2.05, 4.69) is 44.7 Å². The number of H-pyrrole nitrogens is 1. The highest BCUT2D eigenvalue weighted by Gasteiger charge is 2.23. The van der Waals surface area contributed by atoms with Gasteiger partial charge in [-0.25, -0.2) is 0 Å². The lowest BCUT2D eigenvalue weighted by Crippen LogP contribution is -2.47. The molecule has 2 aromatic carbocycles. The van der Waals surface area contributed by atoms with E-state index in [-0.39, 0.29) is 11.9 Å². The minimum atomic E-state index is -0.0190. The number of piperidine rings is 1. The molecule has 134 valence electrons. The Morgan fingerprint density at radius 3 is 3.00 bits per heavy atom. The third-order valence-electron chi connectivity index (χ3n) is 5.03. The van der Waals surface area contributed by atoms with Crippen LogP contribution < -0.4 is 5.32 Å². The average molecular weight is 348 g/mol. The van der Waals surface area contributed by atoms with Crippen molar-refractivity contribution in [2.24, 2.45) is 0 Å². The Balaban J connectivity index is 1.44. The number of benzene rings is 2. The first-order valence-corrected chi connectivity index (χ1v) is 9.20. The molecule has 5 nitrogen and oxygen atoms in total. The van der Waals surface area contributed by atoms with Gasteiger partial charge in [-0.15, -0.1) is 0 Å². The van der Waals surface area contributed by atoms with Crippen LogP contribution in [-0.2, 0) is 6.54 Å². The fourth-order valence-electron chi connectivity index (χ4n) is 3.81. The van der Waals surface area contributed by atoms with Crippen molar-refractivity contribution in [2.75, 3.05) is 13.1 Å². The SMILES string of the molecule is Cc1cc(C(=O)NC2CCCN(Cc3ccccc3)C2)c2[nH]ncc2c1. The molecular formula is C21H24N4O. The standard InChI is InChI=1S/C21H24N4O/c1-15-10-17-12-22-24-20(17)19(11-15)21(26)23-18-8-5-9-25(14-18)13-16-6-3-2-4-7-16/h2-4,6-7,10-12,18H,5,8-9,13-14H2,1H3,(H,22,24)(H,23,26). The van der Waals surface area contributed by atoms with Crippen LogP contribution in [0.2, 0.25) is 0 Å². The van der Waals surface area contributed by atoms with Crippen molar-refractivity contribution in [1.82, 2.24) is 20.4 Å². The van der Waals surface area contributed by atoms with Gasteiger partial charge < -0.3 is 5.32 Å². The highest BCUT2D eigenvalue weighted by molar-refractivity contribution is 6.05. The lowest BCUT2D eigenvalue weighted by Gasteiger charge is -2.33. The van der Waals surface area contributed by atoms with E-state index in [0.29, 0.717) is 5.56 Å². The smallest absolute Gasteiger partial charge is 0.253 e. The molecule has 4 rings (SSSR count). The van der Waals surface area contributed by atoms with Crippen molar-refractivity contribution >= 4 is 16.8 Å². The summed E-state index contributed by atoms with van der Waals surface area (Å²) in [7, 11) is 0. The summed E-state index contributed by atoms with van der Waals surface area (Å²) in [6, 6.07) is 14.7. The van der Waals surface area contributed by atoms with Gasteiger partial charge in [0.1, 0.15) is 0 Å². The number of amides is 1. The minimum absolute atomic E-state index is 0.0190. The lowest BCUT2D eigenvalue weighted by atomic mass is 10.0. The third kappa shape index (κ3) is 3.63. The van der Waals surface area contributed by atoms with E-state index in [0.717, 1.165) is 48.9 Å². The van der Waals surface area contributed by atoms with E-state index in [1.165, 1.54) is 5.56 Å². The Morgan fingerprint density at radius 1 is 1.31 bits per heavy atom. The fourth-order valence-corrected chi connectivity index (χ4v) is 3.81. The van der Waals surface area contributed by atoms with Crippen LogP contribution in [-0.4, -0.2) is 40.1 Å². The fraction of sp³-hybridized carbons (Fsp3) is 0.333. The van der Waals surface area contributed by atoms with Crippen LogP contribution in [0.3, 0.4) is 0 Å². The van der Waals surface area contributed by atoms with Crippen LogP contribution in [0, 0.1) is 6.92 Å². The third-order valence-corrected chi connectivity index (χ3v) is 5.03. The Bertz CT molecular complexity index is 903. The van der Waals surface area contributed by atoms with Gasteiger partial charge in [0.25, 0.3) is 5.91 Å². The minimum Gasteiger partial charge on any atom is -0.348 e. The Hall–Kier alpha value is -2.66. The van der Waals surface area contributed by atoms with Crippen LogP contribution in [0.5, 0.6) is 0 Å². The number of aryl methyl sites for hydroxylation is 1. The Labute approximate surface area is 153 Å². The quantitative estimate of drug-likeness (QED) is 0.761.